The van der Waals surface area contributed by atoms with E-state index in [1.54, 1.807) is 0 Å². The van der Waals surface area contributed by atoms with Crippen LogP contribution in [0, 0.1) is 11.8 Å². The second kappa shape index (κ2) is 7.85. The van der Waals surface area contributed by atoms with Crippen LogP contribution in [0.3, 0.4) is 0 Å². The standard InChI is InChI=1S/C15H31N3O/c1-5-12(4)14(16)15(19)17-9-13-7-6-8-18(10-13)11(2)3/h11-14H,5-10,16H2,1-4H3,(H,17,19). The molecule has 1 rings (SSSR count). The Balaban J connectivity index is 2.33. The van der Waals surface area contributed by atoms with Gasteiger partial charge in [0.15, 0.2) is 0 Å². The van der Waals surface area contributed by atoms with E-state index in [0.29, 0.717) is 12.0 Å². The van der Waals surface area contributed by atoms with Crippen LogP contribution in [0.4, 0.5) is 0 Å². The fourth-order valence-corrected chi connectivity index (χ4v) is 2.61. The van der Waals surface area contributed by atoms with Crippen molar-refractivity contribution in [2.75, 3.05) is 19.6 Å². The minimum absolute atomic E-state index is 0.0102. The number of carbonyl (C=O) groups excluding carboxylic acids is 1. The third-order valence-electron chi connectivity index (χ3n) is 4.41. The van der Waals surface area contributed by atoms with E-state index in [1.807, 2.05) is 6.92 Å². The van der Waals surface area contributed by atoms with Gasteiger partial charge in [-0.2, -0.15) is 0 Å². The topological polar surface area (TPSA) is 58.4 Å². The van der Waals surface area contributed by atoms with E-state index in [9.17, 15) is 4.79 Å². The second-order valence-electron chi connectivity index (χ2n) is 6.25. The monoisotopic (exact) mass is 269 g/mol. The van der Waals surface area contributed by atoms with Crippen molar-refractivity contribution in [2.24, 2.45) is 17.6 Å². The number of nitrogens with zero attached hydrogens (tertiary/aromatic N) is 1. The summed E-state index contributed by atoms with van der Waals surface area (Å²) in [5.41, 5.74) is 5.94. The van der Waals surface area contributed by atoms with Gasteiger partial charge in [0.1, 0.15) is 0 Å². The van der Waals surface area contributed by atoms with Crippen molar-refractivity contribution in [1.29, 1.82) is 0 Å². The normalized spacial score (nSPS) is 24.2. The van der Waals surface area contributed by atoms with E-state index < -0.39 is 0 Å². The molecule has 4 nitrogen and oxygen atoms in total. The zero-order valence-corrected chi connectivity index (χ0v) is 13.0. The van der Waals surface area contributed by atoms with Crippen molar-refractivity contribution in [3.63, 3.8) is 0 Å². The number of nitrogens with two attached hydrogens (primary N) is 1. The molecule has 1 aliphatic heterocycles. The summed E-state index contributed by atoms with van der Waals surface area (Å²) >= 11 is 0. The predicted molar refractivity (Wildman–Crippen MR) is 79.9 cm³/mol. The van der Waals surface area contributed by atoms with Crippen LogP contribution in [0.15, 0.2) is 0 Å². The number of amides is 1. The first-order chi connectivity index (χ1) is 8.95. The van der Waals surface area contributed by atoms with Gasteiger partial charge in [-0.25, -0.2) is 0 Å². The molecule has 0 aliphatic carbocycles. The Labute approximate surface area is 118 Å². The van der Waals surface area contributed by atoms with Crippen LogP contribution >= 0.6 is 0 Å². The quantitative estimate of drug-likeness (QED) is 0.770. The van der Waals surface area contributed by atoms with Crippen molar-refractivity contribution in [2.45, 2.75) is 59.0 Å². The smallest absolute Gasteiger partial charge is 0.237 e. The molecule has 0 radical (unpaired) electrons. The van der Waals surface area contributed by atoms with Gasteiger partial charge in [-0.05, 0) is 45.1 Å². The van der Waals surface area contributed by atoms with Crippen LogP contribution in [0.1, 0.15) is 47.0 Å². The number of hydrogen-bond acceptors (Lipinski definition) is 3. The zero-order valence-electron chi connectivity index (χ0n) is 13.0. The number of carbonyl (C=O) groups is 1. The summed E-state index contributed by atoms with van der Waals surface area (Å²) in [5.74, 6) is 0.832. The van der Waals surface area contributed by atoms with Gasteiger partial charge in [-0.15, -0.1) is 0 Å². The Bertz CT molecular complexity index is 281. The highest BCUT2D eigenvalue weighted by Gasteiger charge is 2.24. The summed E-state index contributed by atoms with van der Waals surface area (Å²) in [6.45, 7) is 11.6. The highest BCUT2D eigenvalue weighted by atomic mass is 16.2. The van der Waals surface area contributed by atoms with Crippen molar-refractivity contribution in [3.05, 3.63) is 0 Å². The first-order valence-corrected chi connectivity index (χ1v) is 7.73. The van der Waals surface area contributed by atoms with Crippen molar-refractivity contribution < 1.29 is 4.79 Å². The van der Waals surface area contributed by atoms with Crippen molar-refractivity contribution >= 4 is 5.91 Å². The molecule has 0 saturated carbocycles. The lowest BCUT2D eigenvalue weighted by Crippen LogP contribution is -2.48. The minimum Gasteiger partial charge on any atom is -0.354 e. The highest BCUT2D eigenvalue weighted by Crippen LogP contribution is 2.17. The average molecular weight is 269 g/mol. The van der Waals surface area contributed by atoms with Crippen LogP contribution in [0.5, 0.6) is 0 Å². The molecule has 1 heterocycles. The Kier molecular flexibility index (Phi) is 6.80. The van der Waals surface area contributed by atoms with Crippen LogP contribution in [-0.2, 0) is 4.79 Å². The average Bonchev–Trinajstić information content (AvgIpc) is 2.43. The van der Waals surface area contributed by atoms with E-state index in [1.165, 1.54) is 19.4 Å². The van der Waals surface area contributed by atoms with Gasteiger partial charge in [0.25, 0.3) is 0 Å². The summed E-state index contributed by atoms with van der Waals surface area (Å²) in [6, 6.07) is 0.232. The fourth-order valence-electron chi connectivity index (χ4n) is 2.61. The van der Waals surface area contributed by atoms with Gasteiger partial charge >= 0.3 is 0 Å². The zero-order chi connectivity index (χ0) is 14.4. The molecular formula is C15H31N3O. The molecule has 1 saturated heterocycles. The van der Waals surface area contributed by atoms with E-state index >= 15 is 0 Å². The van der Waals surface area contributed by atoms with Crippen LogP contribution in [0.25, 0.3) is 0 Å². The summed E-state index contributed by atoms with van der Waals surface area (Å²) in [7, 11) is 0. The number of nitrogens with one attached hydrogen (secondary N) is 1. The van der Waals surface area contributed by atoms with Crippen molar-refractivity contribution in [3.8, 4) is 0 Å². The van der Waals surface area contributed by atoms with Gasteiger partial charge in [0, 0.05) is 19.1 Å². The molecule has 19 heavy (non-hydrogen) atoms. The second-order valence-corrected chi connectivity index (χ2v) is 6.25. The molecule has 0 aromatic rings. The molecule has 3 unspecified atom stereocenters. The van der Waals surface area contributed by atoms with Crippen molar-refractivity contribution in [1.82, 2.24) is 10.2 Å². The predicted octanol–water partition coefficient (Wildman–Crippen LogP) is 1.60. The first-order valence-electron chi connectivity index (χ1n) is 7.73. The fraction of sp³-hybridized carbons (Fsp3) is 0.933. The molecular weight excluding hydrogens is 238 g/mol. The molecule has 0 spiro atoms. The number of piperidine rings is 1. The SMILES string of the molecule is CCC(C)C(N)C(=O)NCC1CCCN(C(C)C)C1. The highest BCUT2D eigenvalue weighted by molar-refractivity contribution is 5.81. The lowest BCUT2D eigenvalue weighted by Gasteiger charge is -2.35. The summed E-state index contributed by atoms with van der Waals surface area (Å²) < 4.78 is 0. The molecule has 4 heteroatoms. The van der Waals surface area contributed by atoms with Crippen LogP contribution < -0.4 is 11.1 Å². The molecule has 0 aromatic heterocycles. The Morgan fingerprint density at radius 1 is 1.42 bits per heavy atom. The molecule has 1 fully saturated rings. The molecule has 1 amide bonds. The van der Waals surface area contributed by atoms with Gasteiger partial charge in [0.05, 0.1) is 6.04 Å². The molecule has 0 bridgehead atoms. The third-order valence-corrected chi connectivity index (χ3v) is 4.41. The Morgan fingerprint density at radius 2 is 2.11 bits per heavy atom. The third kappa shape index (κ3) is 5.11. The maximum absolute atomic E-state index is 12.0. The lowest BCUT2D eigenvalue weighted by atomic mass is 9.96. The van der Waals surface area contributed by atoms with E-state index in [4.69, 9.17) is 5.73 Å². The maximum Gasteiger partial charge on any atom is 0.237 e. The van der Waals surface area contributed by atoms with Crippen LogP contribution in [0.2, 0.25) is 0 Å². The van der Waals surface area contributed by atoms with E-state index in [-0.39, 0.29) is 17.9 Å². The number of likely N-dealkylation sites (tertiary alicyclic amines) is 1. The summed E-state index contributed by atoms with van der Waals surface area (Å²) in [6.07, 6.45) is 3.39. The molecule has 112 valence electrons. The van der Waals surface area contributed by atoms with E-state index in [0.717, 1.165) is 19.5 Å². The first kappa shape index (κ1) is 16.4. The number of hydrogen-bond donors (Lipinski definition) is 2. The summed E-state index contributed by atoms with van der Waals surface area (Å²) in [5, 5.41) is 3.04. The van der Waals surface area contributed by atoms with Gasteiger partial charge < -0.3 is 16.0 Å². The van der Waals surface area contributed by atoms with Gasteiger partial charge in [-0.1, -0.05) is 20.3 Å². The minimum atomic E-state index is -0.366. The largest absolute Gasteiger partial charge is 0.354 e. The molecule has 1 aliphatic rings. The van der Waals surface area contributed by atoms with E-state index in [2.05, 4.69) is 31.0 Å². The Morgan fingerprint density at radius 3 is 2.68 bits per heavy atom. The molecule has 0 aromatic carbocycles. The lowest BCUT2D eigenvalue weighted by molar-refractivity contribution is -0.123. The molecule has 3 atom stereocenters. The van der Waals surface area contributed by atoms with Gasteiger partial charge in [0.2, 0.25) is 5.91 Å². The molecule has 3 N–H and O–H groups in total. The summed E-state index contributed by atoms with van der Waals surface area (Å²) in [4.78, 5) is 14.4. The maximum atomic E-state index is 12.0. The van der Waals surface area contributed by atoms with Gasteiger partial charge in [-0.3, -0.25) is 4.79 Å². The van der Waals surface area contributed by atoms with Crippen LogP contribution in [-0.4, -0.2) is 42.5 Å². The number of rotatable bonds is 6. The Hall–Kier alpha value is -0.610.